The van der Waals surface area contributed by atoms with Gasteiger partial charge in [-0.3, -0.25) is 19.7 Å². The smallest absolute Gasteiger partial charge is 0.269 e. The topological polar surface area (TPSA) is 101 Å². The molecular formula is C15H13N3O4. The lowest BCUT2D eigenvalue weighted by Crippen LogP contribution is -2.32. The third kappa shape index (κ3) is 4.14. The lowest BCUT2D eigenvalue weighted by atomic mass is 10.2. The molecule has 2 amide bonds. The summed E-state index contributed by atoms with van der Waals surface area (Å²) in [5.74, 6) is -0.766. The lowest BCUT2D eigenvalue weighted by Gasteiger charge is -2.07. The fraction of sp³-hybridized carbons (Fsp3) is 0.0667. The van der Waals surface area contributed by atoms with Crippen molar-refractivity contribution in [1.82, 2.24) is 5.32 Å². The Morgan fingerprint density at radius 1 is 1.00 bits per heavy atom. The van der Waals surface area contributed by atoms with Crippen LogP contribution in [0.15, 0.2) is 54.6 Å². The average molecular weight is 299 g/mol. The predicted molar refractivity (Wildman–Crippen MR) is 80.5 cm³/mol. The van der Waals surface area contributed by atoms with Crippen LogP contribution >= 0.6 is 0 Å². The van der Waals surface area contributed by atoms with Crippen LogP contribution in [0.4, 0.5) is 11.4 Å². The molecular weight excluding hydrogens is 286 g/mol. The Bertz CT molecular complexity index is 684. The monoisotopic (exact) mass is 299 g/mol. The summed E-state index contributed by atoms with van der Waals surface area (Å²) in [5, 5.41) is 15.5. The molecule has 0 aliphatic heterocycles. The standard InChI is InChI=1S/C15H13N3O4/c19-14(10-16-15(20)11-4-2-1-3-5-11)17-12-6-8-13(9-7-12)18(21)22/h1-9H,10H2,(H,16,20)(H,17,19). The highest BCUT2D eigenvalue weighted by molar-refractivity contribution is 5.99. The van der Waals surface area contributed by atoms with E-state index in [0.29, 0.717) is 11.3 Å². The second kappa shape index (κ2) is 6.98. The van der Waals surface area contributed by atoms with Gasteiger partial charge in [-0.1, -0.05) is 18.2 Å². The van der Waals surface area contributed by atoms with E-state index < -0.39 is 10.8 Å². The number of nitrogens with one attached hydrogen (secondary N) is 2. The number of non-ortho nitro benzene ring substituents is 1. The number of nitro benzene ring substituents is 1. The molecule has 2 N–H and O–H groups in total. The van der Waals surface area contributed by atoms with E-state index in [4.69, 9.17) is 0 Å². The molecule has 2 aromatic carbocycles. The Kier molecular flexibility index (Phi) is 4.81. The summed E-state index contributed by atoms with van der Waals surface area (Å²) in [5.41, 5.74) is 0.825. The molecule has 22 heavy (non-hydrogen) atoms. The number of carbonyl (C=O) groups excluding carboxylic acids is 2. The van der Waals surface area contributed by atoms with E-state index in [2.05, 4.69) is 10.6 Å². The van der Waals surface area contributed by atoms with Crippen LogP contribution in [-0.2, 0) is 4.79 Å². The van der Waals surface area contributed by atoms with Gasteiger partial charge in [0, 0.05) is 23.4 Å². The Morgan fingerprint density at radius 2 is 1.64 bits per heavy atom. The maximum atomic E-state index is 11.8. The van der Waals surface area contributed by atoms with E-state index in [1.807, 2.05) is 0 Å². The highest BCUT2D eigenvalue weighted by Gasteiger charge is 2.09. The van der Waals surface area contributed by atoms with Crippen LogP contribution in [-0.4, -0.2) is 23.3 Å². The average Bonchev–Trinajstić information content (AvgIpc) is 2.54. The van der Waals surface area contributed by atoms with Crippen molar-refractivity contribution in [2.24, 2.45) is 0 Å². The molecule has 0 atom stereocenters. The molecule has 7 nitrogen and oxygen atoms in total. The quantitative estimate of drug-likeness (QED) is 0.651. The fourth-order valence-corrected chi connectivity index (χ4v) is 1.72. The third-order valence-electron chi connectivity index (χ3n) is 2.81. The molecule has 0 fully saturated rings. The maximum absolute atomic E-state index is 11.8. The SMILES string of the molecule is O=C(CNC(=O)c1ccccc1)Nc1ccc([N+](=O)[O-])cc1. The molecule has 2 rings (SSSR count). The minimum Gasteiger partial charge on any atom is -0.343 e. The normalized spacial score (nSPS) is 9.82. The number of anilines is 1. The van der Waals surface area contributed by atoms with Gasteiger partial charge in [0.15, 0.2) is 0 Å². The van der Waals surface area contributed by atoms with Gasteiger partial charge in [-0.2, -0.15) is 0 Å². The third-order valence-corrected chi connectivity index (χ3v) is 2.81. The van der Waals surface area contributed by atoms with Gasteiger partial charge < -0.3 is 10.6 Å². The van der Waals surface area contributed by atoms with E-state index in [-0.39, 0.29) is 18.1 Å². The first-order chi connectivity index (χ1) is 10.6. The molecule has 0 bridgehead atoms. The van der Waals surface area contributed by atoms with Crippen LogP contribution in [0, 0.1) is 10.1 Å². The molecule has 0 radical (unpaired) electrons. The summed E-state index contributed by atoms with van der Waals surface area (Å²) in [6, 6.07) is 14.0. The molecule has 2 aromatic rings. The van der Waals surface area contributed by atoms with Crippen molar-refractivity contribution in [3.8, 4) is 0 Å². The van der Waals surface area contributed by atoms with Gasteiger partial charge in [0.2, 0.25) is 5.91 Å². The van der Waals surface area contributed by atoms with Crippen molar-refractivity contribution < 1.29 is 14.5 Å². The van der Waals surface area contributed by atoms with Crippen molar-refractivity contribution in [2.45, 2.75) is 0 Å². The number of nitrogens with zero attached hydrogens (tertiary/aromatic N) is 1. The van der Waals surface area contributed by atoms with Gasteiger partial charge in [0.1, 0.15) is 0 Å². The molecule has 0 unspecified atom stereocenters. The first-order valence-electron chi connectivity index (χ1n) is 6.44. The minimum absolute atomic E-state index is 0.0598. The van der Waals surface area contributed by atoms with Crippen LogP contribution in [0.3, 0.4) is 0 Å². The van der Waals surface area contributed by atoms with Gasteiger partial charge in [0.25, 0.3) is 11.6 Å². The summed E-state index contributed by atoms with van der Waals surface area (Å²) in [7, 11) is 0. The van der Waals surface area contributed by atoms with Crippen molar-refractivity contribution in [2.75, 3.05) is 11.9 Å². The van der Waals surface area contributed by atoms with Crippen molar-refractivity contribution in [1.29, 1.82) is 0 Å². The van der Waals surface area contributed by atoms with Gasteiger partial charge in [-0.05, 0) is 24.3 Å². The Balaban J connectivity index is 1.85. The number of carbonyl (C=O) groups is 2. The summed E-state index contributed by atoms with van der Waals surface area (Å²) in [4.78, 5) is 33.5. The van der Waals surface area contributed by atoms with E-state index in [1.165, 1.54) is 24.3 Å². The second-order valence-electron chi connectivity index (χ2n) is 4.40. The van der Waals surface area contributed by atoms with Gasteiger partial charge in [-0.25, -0.2) is 0 Å². The second-order valence-corrected chi connectivity index (χ2v) is 4.40. The molecule has 0 aliphatic rings. The molecule has 0 spiro atoms. The van der Waals surface area contributed by atoms with Crippen molar-refractivity contribution in [3.05, 3.63) is 70.3 Å². The van der Waals surface area contributed by atoms with E-state index in [1.54, 1.807) is 30.3 Å². The van der Waals surface area contributed by atoms with Crippen LogP contribution in [0.2, 0.25) is 0 Å². The molecule has 0 aromatic heterocycles. The largest absolute Gasteiger partial charge is 0.343 e. The molecule has 0 heterocycles. The van der Waals surface area contributed by atoms with E-state index in [9.17, 15) is 19.7 Å². The predicted octanol–water partition coefficient (Wildman–Crippen LogP) is 1.96. The molecule has 0 aliphatic carbocycles. The zero-order valence-corrected chi connectivity index (χ0v) is 11.5. The van der Waals surface area contributed by atoms with Crippen LogP contribution in [0.5, 0.6) is 0 Å². The summed E-state index contributed by atoms with van der Waals surface area (Å²) >= 11 is 0. The highest BCUT2D eigenvalue weighted by Crippen LogP contribution is 2.15. The number of benzene rings is 2. The zero-order chi connectivity index (χ0) is 15.9. The zero-order valence-electron chi connectivity index (χ0n) is 11.5. The van der Waals surface area contributed by atoms with Gasteiger partial charge in [0.05, 0.1) is 11.5 Å². The van der Waals surface area contributed by atoms with Crippen LogP contribution in [0.1, 0.15) is 10.4 Å². The number of rotatable bonds is 5. The van der Waals surface area contributed by atoms with Gasteiger partial charge >= 0.3 is 0 Å². The fourth-order valence-electron chi connectivity index (χ4n) is 1.72. The van der Waals surface area contributed by atoms with Crippen LogP contribution in [0.25, 0.3) is 0 Å². The molecule has 7 heteroatoms. The Hall–Kier alpha value is -3.22. The molecule has 0 saturated carbocycles. The highest BCUT2D eigenvalue weighted by atomic mass is 16.6. The molecule has 0 saturated heterocycles. The summed E-state index contributed by atoms with van der Waals surface area (Å²) < 4.78 is 0. The van der Waals surface area contributed by atoms with Crippen molar-refractivity contribution >= 4 is 23.2 Å². The summed E-state index contributed by atoms with van der Waals surface area (Å²) in [6.45, 7) is -0.190. The Labute approximate surface area is 126 Å². The first-order valence-corrected chi connectivity index (χ1v) is 6.44. The van der Waals surface area contributed by atoms with E-state index in [0.717, 1.165) is 0 Å². The maximum Gasteiger partial charge on any atom is 0.269 e. The number of amides is 2. The van der Waals surface area contributed by atoms with Gasteiger partial charge in [-0.15, -0.1) is 0 Å². The number of nitro groups is 1. The first kappa shape index (κ1) is 15.2. The summed E-state index contributed by atoms with van der Waals surface area (Å²) in [6.07, 6.45) is 0. The number of hydrogen-bond donors (Lipinski definition) is 2. The lowest BCUT2D eigenvalue weighted by molar-refractivity contribution is -0.384. The van der Waals surface area contributed by atoms with Crippen LogP contribution < -0.4 is 10.6 Å². The number of hydrogen-bond acceptors (Lipinski definition) is 4. The van der Waals surface area contributed by atoms with Crippen molar-refractivity contribution in [3.63, 3.8) is 0 Å². The van der Waals surface area contributed by atoms with E-state index >= 15 is 0 Å². The molecule has 112 valence electrons. The minimum atomic E-state index is -0.522. The Morgan fingerprint density at radius 3 is 2.23 bits per heavy atom.